The first-order valence-electron chi connectivity index (χ1n) is 7.22. The lowest BCUT2D eigenvalue weighted by Crippen LogP contribution is -2.18. The van der Waals surface area contributed by atoms with Gasteiger partial charge in [-0.1, -0.05) is 18.2 Å². The molecule has 0 radical (unpaired) electrons. The number of carboxylic acids is 1. The van der Waals surface area contributed by atoms with Crippen molar-refractivity contribution in [2.75, 3.05) is 13.1 Å². The summed E-state index contributed by atoms with van der Waals surface area (Å²) in [5.41, 5.74) is 3.18. The van der Waals surface area contributed by atoms with E-state index in [1.807, 2.05) is 12.1 Å². The Morgan fingerprint density at radius 1 is 1.29 bits per heavy atom. The highest BCUT2D eigenvalue weighted by Gasteiger charge is 2.14. The number of aryl methyl sites for hydroxylation is 1. The normalized spacial score (nSPS) is 15.5. The van der Waals surface area contributed by atoms with Gasteiger partial charge in [-0.3, -0.25) is 9.58 Å². The maximum atomic E-state index is 11.0. The third kappa shape index (κ3) is 2.97. The fraction of sp³-hybridized carbons (Fsp3) is 0.375. The monoisotopic (exact) mass is 285 g/mol. The van der Waals surface area contributed by atoms with Gasteiger partial charge in [0.15, 0.2) is 5.69 Å². The minimum atomic E-state index is -0.995. The van der Waals surface area contributed by atoms with Gasteiger partial charge < -0.3 is 5.11 Å². The van der Waals surface area contributed by atoms with Crippen LogP contribution in [0.3, 0.4) is 0 Å². The molecule has 110 valence electrons. The summed E-state index contributed by atoms with van der Waals surface area (Å²) in [5.74, 6) is -0.995. The Kier molecular flexibility index (Phi) is 3.75. The second kappa shape index (κ2) is 5.69. The summed E-state index contributed by atoms with van der Waals surface area (Å²) in [6, 6.07) is 9.89. The average molecular weight is 285 g/mol. The topological polar surface area (TPSA) is 58.4 Å². The van der Waals surface area contributed by atoms with Gasteiger partial charge >= 0.3 is 5.97 Å². The molecule has 1 aliphatic rings. The van der Waals surface area contributed by atoms with E-state index < -0.39 is 5.97 Å². The lowest BCUT2D eigenvalue weighted by molar-refractivity contribution is 0.0689. The Labute approximate surface area is 123 Å². The van der Waals surface area contributed by atoms with Gasteiger partial charge in [-0.2, -0.15) is 5.10 Å². The van der Waals surface area contributed by atoms with E-state index in [0.29, 0.717) is 0 Å². The van der Waals surface area contributed by atoms with Crippen molar-refractivity contribution in [3.05, 3.63) is 41.6 Å². The van der Waals surface area contributed by atoms with E-state index in [4.69, 9.17) is 5.11 Å². The number of hydrogen-bond acceptors (Lipinski definition) is 3. The van der Waals surface area contributed by atoms with E-state index >= 15 is 0 Å². The highest BCUT2D eigenvalue weighted by atomic mass is 16.4. The molecule has 1 aromatic heterocycles. The second-order valence-electron chi connectivity index (χ2n) is 5.53. The lowest BCUT2D eigenvalue weighted by atomic mass is 10.1. The van der Waals surface area contributed by atoms with Gasteiger partial charge in [0.25, 0.3) is 0 Å². The Bertz CT molecular complexity index is 657. The van der Waals surface area contributed by atoms with Crippen LogP contribution in [0.15, 0.2) is 30.3 Å². The summed E-state index contributed by atoms with van der Waals surface area (Å²) in [6.07, 6.45) is 2.56. The molecule has 2 aromatic rings. The molecule has 2 heterocycles. The quantitative estimate of drug-likeness (QED) is 0.937. The zero-order valence-corrected chi connectivity index (χ0v) is 12.1. The molecule has 0 amide bonds. The van der Waals surface area contributed by atoms with Gasteiger partial charge in [0.05, 0.1) is 5.69 Å². The van der Waals surface area contributed by atoms with E-state index in [9.17, 15) is 4.79 Å². The van der Waals surface area contributed by atoms with E-state index in [2.05, 4.69) is 22.1 Å². The molecule has 0 atom stereocenters. The maximum Gasteiger partial charge on any atom is 0.356 e. The summed E-state index contributed by atoms with van der Waals surface area (Å²) < 4.78 is 1.62. The van der Waals surface area contributed by atoms with Crippen LogP contribution in [-0.2, 0) is 13.6 Å². The Morgan fingerprint density at radius 3 is 2.71 bits per heavy atom. The lowest BCUT2D eigenvalue weighted by Gasteiger charge is -2.15. The first-order valence-corrected chi connectivity index (χ1v) is 7.22. The summed E-state index contributed by atoms with van der Waals surface area (Å²) in [7, 11) is 1.77. The Balaban J connectivity index is 1.86. The molecule has 0 saturated carbocycles. The van der Waals surface area contributed by atoms with Crippen molar-refractivity contribution in [2.24, 2.45) is 7.05 Å². The van der Waals surface area contributed by atoms with Crippen LogP contribution in [0.4, 0.5) is 0 Å². The number of hydrogen-bond donors (Lipinski definition) is 1. The molecule has 0 unspecified atom stereocenters. The average Bonchev–Trinajstić information content (AvgIpc) is 3.08. The maximum absolute atomic E-state index is 11.0. The van der Waals surface area contributed by atoms with Gasteiger partial charge in [0, 0.05) is 19.2 Å². The van der Waals surface area contributed by atoms with Crippen LogP contribution < -0.4 is 0 Å². The number of carbonyl (C=O) groups is 1. The van der Waals surface area contributed by atoms with Gasteiger partial charge in [0.1, 0.15) is 0 Å². The molecular formula is C16H19N3O2. The summed E-state index contributed by atoms with van der Waals surface area (Å²) in [6.45, 7) is 3.29. The first kappa shape index (κ1) is 13.8. The Hall–Kier alpha value is -2.14. The minimum absolute atomic E-state index is 0.0810. The van der Waals surface area contributed by atoms with Crippen LogP contribution in [0.2, 0.25) is 0 Å². The van der Waals surface area contributed by atoms with E-state index in [1.165, 1.54) is 31.5 Å². The fourth-order valence-corrected chi connectivity index (χ4v) is 2.87. The number of nitrogens with zero attached hydrogens (tertiary/aromatic N) is 3. The number of aromatic nitrogens is 2. The molecule has 5 nitrogen and oxygen atoms in total. The third-order valence-electron chi connectivity index (χ3n) is 3.93. The zero-order chi connectivity index (χ0) is 14.8. The Morgan fingerprint density at radius 2 is 2.05 bits per heavy atom. The predicted octanol–water partition coefficient (Wildman–Crippen LogP) is 2.38. The predicted molar refractivity (Wildman–Crippen MR) is 80.1 cm³/mol. The number of aromatic carboxylic acids is 1. The van der Waals surface area contributed by atoms with E-state index in [1.54, 1.807) is 17.8 Å². The molecule has 3 rings (SSSR count). The van der Waals surface area contributed by atoms with Crippen LogP contribution in [0.25, 0.3) is 11.3 Å². The molecular weight excluding hydrogens is 266 g/mol. The van der Waals surface area contributed by atoms with Crippen molar-refractivity contribution in [2.45, 2.75) is 19.4 Å². The molecule has 1 saturated heterocycles. The van der Waals surface area contributed by atoms with Crippen molar-refractivity contribution in [1.29, 1.82) is 0 Å². The highest BCUT2D eigenvalue weighted by molar-refractivity contribution is 5.87. The van der Waals surface area contributed by atoms with Gasteiger partial charge in [0.2, 0.25) is 0 Å². The molecule has 1 fully saturated rings. The van der Waals surface area contributed by atoms with Crippen LogP contribution in [0, 0.1) is 0 Å². The molecule has 0 bridgehead atoms. The fourth-order valence-electron chi connectivity index (χ4n) is 2.87. The van der Waals surface area contributed by atoms with Crippen molar-refractivity contribution in [1.82, 2.24) is 14.7 Å². The molecule has 1 aromatic carbocycles. The van der Waals surface area contributed by atoms with Crippen molar-refractivity contribution >= 4 is 5.97 Å². The van der Waals surface area contributed by atoms with Crippen molar-refractivity contribution in [3.8, 4) is 11.3 Å². The molecule has 5 heteroatoms. The summed E-state index contributed by atoms with van der Waals surface area (Å²) in [5, 5.41) is 13.1. The molecule has 0 aliphatic carbocycles. The number of carboxylic acid groups (broad SMARTS) is 1. The van der Waals surface area contributed by atoms with Crippen LogP contribution in [0.5, 0.6) is 0 Å². The summed E-state index contributed by atoms with van der Waals surface area (Å²) >= 11 is 0. The smallest absolute Gasteiger partial charge is 0.356 e. The number of likely N-dealkylation sites (tertiary alicyclic amines) is 1. The molecule has 0 spiro atoms. The third-order valence-corrected chi connectivity index (χ3v) is 3.93. The van der Waals surface area contributed by atoms with Crippen LogP contribution in [-0.4, -0.2) is 38.8 Å². The van der Waals surface area contributed by atoms with Gasteiger partial charge in [-0.05, 0) is 43.6 Å². The molecule has 21 heavy (non-hydrogen) atoms. The molecule has 1 N–H and O–H groups in total. The van der Waals surface area contributed by atoms with Crippen molar-refractivity contribution < 1.29 is 9.90 Å². The minimum Gasteiger partial charge on any atom is -0.476 e. The number of benzene rings is 1. The second-order valence-corrected chi connectivity index (χ2v) is 5.53. The largest absolute Gasteiger partial charge is 0.476 e. The van der Waals surface area contributed by atoms with Crippen LogP contribution >= 0.6 is 0 Å². The van der Waals surface area contributed by atoms with E-state index in [-0.39, 0.29) is 5.69 Å². The highest BCUT2D eigenvalue weighted by Crippen LogP contribution is 2.22. The zero-order valence-electron chi connectivity index (χ0n) is 12.1. The summed E-state index contributed by atoms with van der Waals surface area (Å²) in [4.78, 5) is 13.5. The van der Waals surface area contributed by atoms with Gasteiger partial charge in [-0.15, -0.1) is 0 Å². The van der Waals surface area contributed by atoms with Crippen molar-refractivity contribution in [3.63, 3.8) is 0 Å². The van der Waals surface area contributed by atoms with Crippen LogP contribution in [0.1, 0.15) is 28.9 Å². The van der Waals surface area contributed by atoms with Gasteiger partial charge in [-0.25, -0.2) is 4.79 Å². The standard InChI is InChI=1S/C16H19N3O2/c1-18-15(10-14(17-18)16(20)21)13-6-4-5-12(9-13)11-19-7-2-3-8-19/h4-6,9-10H,2-3,7-8,11H2,1H3,(H,20,21). The molecule has 1 aliphatic heterocycles. The SMILES string of the molecule is Cn1nc(C(=O)O)cc1-c1cccc(CN2CCCC2)c1. The van der Waals surface area contributed by atoms with E-state index in [0.717, 1.165) is 17.8 Å². The first-order chi connectivity index (χ1) is 10.1. The number of rotatable bonds is 4.